The molecule has 0 saturated heterocycles. The predicted octanol–water partition coefficient (Wildman–Crippen LogP) is 1.77. The molecule has 0 aliphatic heterocycles. The molecule has 0 radical (unpaired) electrons. The van der Waals surface area contributed by atoms with Crippen LogP contribution < -0.4 is 4.74 Å². The lowest BCUT2D eigenvalue weighted by molar-refractivity contribution is 0.353. The van der Waals surface area contributed by atoms with Gasteiger partial charge in [0.05, 0.1) is 12.4 Å². The lowest BCUT2D eigenvalue weighted by Gasteiger charge is -2.02. The Balaban J connectivity index is 2.41. The van der Waals surface area contributed by atoms with E-state index in [1.807, 2.05) is 17.8 Å². The molecule has 0 unspecified atom stereocenters. The molecule has 72 valence electrons. The zero-order valence-electron chi connectivity index (χ0n) is 7.73. The Morgan fingerprint density at radius 1 is 1.77 bits per heavy atom. The van der Waals surface area contributed by atoms with Crippen LogP contribution in [-0.4, -0.2) is 22.1 Å². The standard InChI is InChI=1S/C9H14N2OS/c1-3-11-5-9(4-10-11)12-6-8(2)7-13/h4-5,13H,2-3,6-7H2,1H3. The zero-order chi connectivity index (χ0) is 9.68. The van der Waals surface area contributed by atoms with E-state index in [2.05, 4.69) is 24.3 Å². The minimum absolute atomic E-state index is 0.513. The largest absolute Gasteiger partial charge is 0.486 e. The van der Waals surface area contributed by atoms with Gasteiger partial charge in [-0.25, -0.2) is 0 Å². The Morgan fingerprint density at radius 2 is 2.54 bits per heavy atom. The van der Waals surface area contributed by atoms with Gasteiger partial charge in [-0.2, -0.15) is 17.7 Å². The lowest BCUT2D eigenvalue weighted by Crippen LogP contribution is -2.00. The van der Waals surface area contributed by atoms with E-state index < -0.39 is 0 Å². The summed E-state index contributed by atoms with van der Waals surface area (Å²) in [4.78, 5) is 0. The second-order valence-electron chi connectivity index (χ2n) is 2.73. The normalized spacial score (nSPS) is 10.0. The molecule has 0 spiro atoms. The van der Waals surface area contributed by atoms with Crippen LogP contribution in [-0.2, 0) is 6.54 Å². The van der Waals surface area contributed by atoms with Crippen molar-refractivity contribution < 1.29 is 4.74 Å². The molecule has 0 amide bonds. The van der Waals surface area contributed by atoms with E-state index in [0.29, 0.717) is 12.4 Å². The molecule has 0 bridgehead atoms. The minimum Gasteiger partial charge on any atom is -0.486 e. The zero-order valence-corrected chi connectivity index (χ0v) is 8.63. The first kappa shape index (κ1) is 10.2. The fourth-order valence-corrected chi connectivity index (χ4v) is 0.914. The van der Waals surface area contributed by atoms with Crippen LogP contribution in [0, 0.1) is 0 Å². The van der Waals surface area contributed by atoms with Crippen LogP contribution in [0.25, 0.3) is 0 Å². The van der Waals surface area contributed by atoms with Gasteiger partial charge in [-0.15, -0.1) is 0 Å². The predicted molar refractivity (Wildman–Crippen MR) is 56.4 cm³/mol. The Labute approximate surface area is 83.8 Å². The van der Waals surface area contributed by atoms with E-state index >= 15 is 0 Å². The topological polar surface area (TPSA) is 27.1 Å². The van der Waals surface area contributed by atoms with Crippen molar-refractivity contribution in [3.63, 3.8) is 0 Å². The SMILES string of the molecule is C=C(CS)COc1cnn(CC)c1. The van der Waals surface area contributed by atoms with Crippen molar-refractivity contribution in [2.24, 2.45) is 0 Å². The summed E-state index contributed by atoms with van der Waals surface area (Å²) < 4.78 is 7.23. The van der Waals surface area contributed by atoms with Crippen LogP contribution in [0.4, 0.5) is 0 Å². The van der Waals surface area contributed by atoms with Gasteiger partial charge < -0.3 is 4.74 Å². The maximum atomic E-state index is 5.41. The molecule has 1 heterocycles. The molecule has 3 nitrogen and oxygen atoms in total. The third-order valence-corrected chi connectivity index (χ3v) is 2.05. The van der Waals surface area contributed by atoms with Gasteiger partial charge in [0.2, 0.25) is 0 Å². The van der Waals surface area contributed by atoms with Crippen molar-refractivity contribution in [3.05, 3.63) is 24.5 Å². The first-order valence-electron chi connectivity index (χ1n) is 4.19. The van der Waals surface area contributed by atoms with Gasteiger partial charge in [0.25, 0.3) is 0 Å². The van der Waals surface area contributed by atoms with E-state index in [9.17, 15) is 0 Å². The average molecular weight is 198 g/mol. The molecule has 0 aromatic carbocycles. The van der Waals surface area contributed by atoms with E-state index in [4.69, 9.17) is 4.74 Å². The van der Waals surface area contributed by atoms with Gasteiger partial charge in [-0.3, -0.25) is 4.68 Å². The third-order valence-electron chi connectivity index (χ3n) is 1.60. The van der Waals surface area contributed by atoms with Crippen LogP contribution in [0.3, 0.4) is 0 Å². The van der Waals surface area contributed by atoms with E-state index in [1.54, 1.807) is 6.20 Å². The van der Waals surface area contributed by atoms with Crippen LogP contribution in [0.1, 0.15) is 6.92 Å². The highest BCUT2D eigenvalue weighted by molar-refractivity contribution is 7.80. The van der Waals surface area contributed by atoms with E-state index in [0.717, 1.165) is 17.9 Å². The highest BCUT2D eigenvalue weighted by atomic mass is 32.1. The second kappa shape index (κ2) is 4.97. The maximum Gasteiger partial charge on any atom is 0.157 e. The quantitative estimate of drug-likeness (QED) is 0.576. The van der Waals surface area contributed by atoms with Crippen LogP contribution in [0.15, 0.2) is 24.5 Å². The molecule has 4 heteroatoms. The van der Waals surface area contributed by atoms with Gasteiger partial charge in [0.15, 0.2) is 5.75 Å². The molecular formula is C9H14N2OS. The molecule has 0 aliphatic rings. The van der Waals surface area contributed by atoms with Crippen molar-refractivity contribution in [1.82, 2.24) is 9.78 Å². The smallest absolute Gasteiger partial charge is 0.157 e. The summed E-state index contributed by atoms with van der Waals surface area (Å²) in [6.07, 6.45) is 3.57. The van der Waals surface area contributed by atoms with Gasteiger partial charge in [-0.05, 0) is 12.5 Å². The summed E-state index contributed by atoms with van der Waals surface area (Å²) in [6, 6.07) is 0. The van der Waals surface area contributed by atoms with E-state index in [1.165, 1.54) is 0 Å². The van der Waals surface area contributed by atoms with Gasteiger partial charge in [0.1, 0.15) is 6.61 Å². The fourth-order valence-electron chi connectivity index (χ4n) is 0.823. The van der Waals surface area contributed by atoms with Crippen molar-refractivity contribution >= 4 is 12.6 Å². The summed E-state index contributed by atoms with van der Waals surface area (Å²) >= 11 is 4.09. The van der Waals surface area contributed by atoms with Gasteiger partial charge in [-0.1, -0.05) is 6.58 Å². The number of aryl methyl sites for hydroxylation is 1. The number of hydrogen-bond donors (Lipinski definition) is 1. The molecule has 0 N–H and O–H groups in total. The molecule has 0 atom stereocenters. The Bertz CT molecular complexity index is 283. The van der Waals surface area contributed by atoms with Crippen molar-refractivity contribution in [2.45, 2.75) is 13.5 Å². The molecule has 0 aliphatic carbocycles. The monoisotopic (exact) mass is 198 g/mol. The molecule has 0 saturated carbocycles. The van der Waals surface area contributed by atoms with Crippen LogP contribution >= 0.6 is 12.6 Å². The Hall–Kier alpha value is -0.900. The molecule has 0 fully saturated rings. The number of aromatic nitrogens is 2. The highest BCUT2D eigenvalue weighted by Crippen LogP contribution is 2.09. The summed E-state index contributed by atoms with van der Waals surface area (Å²) in [5.41, 5.74) is 0.965. The first-order chi connectivity index (χ1) is 6.26. The number of thiol groups is 1. The number of hydrogen-bond acceptors (Lipinski definition) is 3. The Kier molecular flexibility index (Phi) is 3.89. The van der Waals surface area contributed by atoms with Crippen LogP contribution in [0.5, 0.6) is 5.75 Å². The summed E-state index contributed by atoms with van der Waals surface area (Å²) in [5.74, 6) is 1.44. The number of nitrogens with zero attached hydrogens (tertiary/aromatic N) is 2. The lowest BCUT2D eigenvalue weighted by atomic mass is 10.4. The third kappa shape index (κ3) is 3.14. The number of rotatable bonds is 5. The molecule has 1 rings (SSSR count). The second-order valence-corrected chi connectivity index (χ2v) is 3.04. The van der Waals surface area contributed by atoms with Crippen LogP contribution in [0.2, 0.25) is 0 Å². The first-order valence-corrected chi connectivity index (χ1v) is 4.82. The summed E-state index contributed by atoms with van der Waals surface area (Å²) in [7, 11) is 0. The van der Waals surface area contributed by atoms with E-state index in [-0.39, 0.29) is 0 Å². The molecule has 13 heavy (non-hydrogen) atoms. The summed E-state index contributed by atoms with van der Waals surface area (Å²) in [5, 5.41) is 4.08. The average Bonchev–Trinajstić information content (AvgIpc) is 2.61. The molecule has 1 aromatic rings. The van der Waals surface area contributed by atoms with Crippen molar-refractivity contribution in [1.29, 1.82) is 0 Å². The molecule has 1 aromatic heterocycles. The molecular weight excluding hydrogens is 184 g/mol. The fraction of sp³-hybridized carbons (Fsp3) is 0.444. The Morgan fingerprint density at radius 3 is 3.08 bits per heavy atom. The highest BCUT2D eigenvalue weighted by Gasteiger charge is 1.98. The van der Waals surface area contributed by atoms with Gasteiger partial charge in [0, 0.05) is 12.3 Å². The van der Waals surface area contributed by atoms with Gasteiger partial charge >= 0.3 is 0 Å². The summed E-state index contributed by atoms with van der Waals surface area (Å²) in [6.45, 7) is 7.19. The number of ether oxygens (including phenoxy) is 1. The minimum atomic E-state index is 0.513. The van der Waals surface area contributed by atoms with Crippen molar-refractivity contribution in [2.75, 3.05) is 12.4 Å². The van der Waals surface area contributed by atoms with Crippen molar-refractivity contribution in [3.8, 4) is 5.75 Å². The maximum absolute atomic E-state index is 5.41.